The van der Waals surface area contributed by atoms with Crippen molar-refractivity contribution >= 4 is 35.2 Å². The third-order valence-electron chi connectivity index (χ3n) is 3.95. The van der Waals surface area contributed by atoms with Crippen molar-refractivity contribution in [3.8, 4) is 11.3 Å². The number of pyridine rings is 1. The minimum Gasteiger partial charge on any atom is -0.463 e. The number of nitrogens with zero attached hydrogens (tertiary/aromatic N) is 1. The first-order valence-corrected chi connectivity index (χ1v) is 9.42. The van der Waals surface area contributed by atoms with Crippen LogP contribution in [-0.4, -0.2) is 23.5 Å². The highest BCUT2D eigenvalue weighted by Gasteiger charge is 2.10. The van der Waals surface area contributed by atoms with Crippen LogP contribution < -0.4 is 5.32 Å². The third kappa shape index (κ3) is 5.77. The lowest BCUT2D eigenvalue weighted by atomic mass is 10.1. The van der Waals surface area contributed by atoms with Gasteiger partial charge in [-0.1, -0.05) is 41.9 Å². The topological polar surface area (TPSA) is 68.3 Å². The highest BCUT2D eigenvalue weighted by Crippen LogP contribution is 2.21. The van der Waals surface area contributed by atoms with Gasteiger partial charge in [0.05, 0.1) is 12.3 Å². The molecule has 29 heavy (non-hydrogen) atoms. The zero-order valence-corrected chi connectivity index (χ0v) is 16.5. The van der Waals surface area contributed by atoms with Crippen LogP contribution in [0.2, 0.25) is 5.02 Å². The maximum Gasteiger partial charge on any atom is 0.330 e. The van der Waals surface area contributed by atoms with Crippen LogP contribution in [0.3, 0.4) is 0 Å². The molecular weight excluding hydrogens is 388 g/mol. The highest BCUT2D eigenvalue weighted by molar-refractivity contribution is 6.30. The lowest BCUT2D eigenvalue weighted by molar-refractivity contribution is -0.137. The lowest BCUT2D eigenvalue weighted by Crippen LogP contribution is -2.13. The van der Waals surface area contributed by atoms with Gasteiger partial charge in [0, 0.05) is 22.3 Å². The van der Waals surface area contributed by atoms with Crippen molar-refractivity contribution in [2.45, 2.75) is 6.92 Å². The third-order valence-corrected chi connectivity index (χ3v) is 4.18. The molecule has 1 heterocycles. The average Bonchev–Trinajstić information content (AvgIpc) is 2.73. The summed E-state index contributed by atoms with van der Waals surface area (Å²) in [7, 11) is 0. The first-order valence-electron chi connectivity index (χ1n) is 9.04. The van der Waals surface area contributed by atoms with E-state index >= 15 is 0 Å². The van der Waals surface area contributed by atoms with Gasteiger partial charge in [-0.25, -0.2) is 9.78 Å². The predicted octanol–water partition coefficient (Wildman–Crippen LogP) is 5.23. The fourth-order valence-corrected chi connectivity index (χ4v) is 2.83. The Morgan fingerprint density at radius 2 is 1.86 bits per heavy atom. The van der Waals surface area contributed by atoms with Crippen molar-refractivity contribution in [2.75, 3.05) is 11.9 Å². The number of nitrogens with one attached hydrogen (secondary N) is 1. The fraction of sp³-hybridized carbons (Fsp3) is 0.0870. The molecule has 6 heteroatoms. The van der Waals surface area contributed by atoms with E-state index in [1.54, 1.807) is 55.5 Å². The Bertz CT molecular complexity index is 1060. The highest BCUT2D eigenvalue weighted by atomic mass is 35.5. The van der Waals surface area contributed by atoms with Crippen LogP contribution >= 0.6 is 11.6 Å². The molecule has 3 aromatic rings. The number of amides is 1. The van der Waals surface area contributed by atoms with Gasteiger partial charge in [0.25, 0.3) is 5.91 Å². The van der Waals surface area contributed by atoms with Crippen LogP contribution in [0.5, 0.6) is 0 Å². The molecule has 0 saturated heterocycles. The van der Waals surface area contributed by atoms with E-state index in [4.69, 9.17) is 16.3 Å². The normalized spacial score (nSPS) is 10.7. The van der Waals surface area contributed by atoms with Crippen molar-refractivity contribution in [1.82, 2.24) is 4.98 Å². The summed E-state index contributed by atoms with van der Waals surface area (Å²) in [4.78, 5) is 28.5. The first kappa shape index (κ1) is 20.3. The Kier molecular flexibility index (Phi) is 6.76. The van der Waals surface area contributed by atoms with Crippen LogP contribution in [0, 0.1) is 0 Å². The quantitative estimate of drug-likeness (QED) is 0.449. The van der Waals surface area contributed by atoms with Crippen molar-refractivity contribution in [2.24, 2.45) is 0 Å². The summed E-state index contributed by atoms with van der Waals surface area (Å²) >= 11 is 6.04. The van der Waals surface area contributed by atoms with E-state index in [9.17, 15) is 9.59 Å². The largest absolute Gasteiger partial charge is 0.463 e. The number of carbonyl (C=O) groups is 2. The number of esters is 1. The van der Waals surface area contributed by atoms with E-state index in [1.807, 2.05) is 24.3 Å². The van der Waals surface area contributed by atoms with Gasteiger partial charge >= 0.3 is 5.97 Å². The van der Waals surface area contributed by atoms with E-state index in [2.05, 4.69) is 10.3 Å². The average molecular weight is 407 g/mol. The molecule has 3 rings (SSSR count). The zero-order valence-electron chi connectivity index (χ0n) is 15.8. The van der Waals surface area contributed by atoms with Crippen LogP contribution in [-0.2, 0) is 9.53 Å². The van der Waals surface area contributed by atoms with Crippen molar-refractivity contribution in [3.05, 3.63) is 89.1 Å². The molecule has 0 fully saturated rings. The molecule has 0 aliphatic heterocycles. The van der Waals surface area contributed by atoms with Gasteiger partial charge in [-0.2, -0.15) is 0 Å². The van der Waals surface area contributed by atoms with Crippen LogP contribution in [0.25, 0.3) is 17.3 Å². The number of anilines is 1. The van der Waals surface area contributed by atoms with Gasteiger partial charge in [-0.3, -0.25) is 4.79 Å². The molecule has 0 radical (unpaired) electrons. The summed E-state index contributed by atoms with van der Waals surface area (Å²) in [6.07, 6.45) is 2.98. The second-order valence-electron chi connectivity index (χ2n) is 6.08. The Labute approximate surface area is 174 Å². The SMILES string of the molecule is CCOC(=O)C=Cc1cccc(NC(=O)c2cccc(-c3cccc(Cl)c3)n2)c1. The Morgan fingerprint density at radius 3 is 2.66 bits per heavy atom. The maximum absolute atomic E-state index is 12.6. The summed E-state index contributed by atoms with van der Waals surface area (Å²) in [6.45, 7) is 2.07. The maximum atomic E-state index is 12.6. The van der Waals surface area contributed by atoms with Crippen molar-refractivity contribution in [1.29, 1.82) is 0 Å². The van der Waals surface area contributed by atoms with Crippen LogP contribution in [0.4, 0.5) is 5.69 Å². The minimum absolute atomic E-state index is 0.287. The number of rotatable bonds is 6. The number of aromatic nitrogens is 1. The molecule has 5 nitrogen and oxygen atoms in total. The second-order valence-corrected chi connectivity index (χ2v) is 6.52. The van der Waals surface area contributed by atoms with Gasteiger partial charge in [-0.15, -0.1) is 0 Å². The van der Waals surface area contributed by atoms with Gasteiger partial charge in [0.2, 0.25) is 0 Å². The van der Waals surface area contributed by atoms with Crippen molar-refractivity contribution < 1.29 is 14.3 Å². The summed E-state index contributed by atoms with van der Waals surface area (Å²) in [5.41, 5.74) is 3.13. The first-order chi connectivity index (χ1) is 14.0. The summed E-state index contributed by atoms with van der Waals surface area (Å²) in [5, 5.41) is 3.43. The number of hydrogen-bond acceptors (Lipinski definition) is 4. The van der Waals surface area contributed by atoms with E-state index in [0.717, 1.165) is 11.1 Å². The molecule has 1 aromatic heterocycles. The molecule has 1 N–H and O–H groups in total. The van der Waals surface area contributed by atoms with Crippen LogP contribution in [0.15, 0.2) is 72.8 Å². The number of carbonyl (C=O) groups excluding carboxylic acids is 2. The van der Waals surface area contributed by atoms with Gasteiger partial charge in [0.15, 0.2) is 0 Å². The monoisotopic (exact) mass is 406 g/mol. The molecule has 0 aliphatic carbocycles. The fourth-order valence-electron chi connectivity index (χ4n) is 2.64. The summed E-state index contributed by atoms with van der Waals surface area (Å²) in [5.74, 6) is -0.746. The predicted molar refractivity (Wildman–Crippen MR) is 115 cm³/mol. The molecule has 0 bridgehead atoms. The molecule has 0 atom stereocenters. The number of ether oxygens (including phenoxy) is 1. The number of benzene rings is 2. The van der Waals surface area contributed by atoms with E-state index in [0.29, 0.717) is 23.0 Å². The van der Waals surface area contributed by atoms with E-state index in [1.165, 1.54) is 6.08 Å². The van der Waals surface area contributed by atoms with Gasteiger partial charge in [0.1, 0.15) is 5.69 Å². The Morgan fingerprint density at radius 1 is 1.07 bits per heavy atom. The van der Waals surface area contributed by atoms with Gasteiger partial charge in [-0.05, 0) is 55.0 Å². The molecule has 0 spiro atoms. The Balaban J connectivity index is 1.75. The van der Waals surface area contributed by atoms with Gasteiger partial charge < -0.3 is 10.1 Å². The molecule has 0 saturated carbocycles. The summed E-state index contributed by atoms with van der Waals surface area (Å²) < 4.78 is 4.86. The second kappa shape index (κ2) is 9.66. The minimum atomic E-state index is -0.413. The molecule has 1 amide bonds. The zero-order chi connectivity index (χ0) is 20.6. The van der Waals surface area contributed by atoms with Crippen LogP contribution in [0.1, 0.15) is 23.0 Å². The van der Waals surface area contributed by atoms with E-state index in [-0.39, 0.29) is 11.6 Å². The summed E-state index contributed by atoms with van der Waals surface area (Å²) in [6, 6.07) is 19.7. The molecule has 0 aliphatic rings. The van der Waals surface area contributed by atoms with Crippen molar-refractivity contribution in [3.63, 3.8) is 0 Å². The lowest BCUT2D eigenvalue weighted by Gasteiger charge is -2.07. The number of hydrogen-bond donors (Lipinski definition) is 1. The standard InChI is InChI=1S/C23H19ClN2O3/c1-2-29-22(27)13-12-16-6-3-9-19(14-16)25-23(28)21-11-5-10-20(26-21)17-7-4-8-18(24)15-17/h3-15H,2H2,1H3,(H,25,28). The number of halogens is 1. The smallest absolute Gasteiger partial charge is 0.330 e. The van der Waals surface area contributed by atoms with E-state index < -0.39 is 5.97 Å². The molecular formula is C23H19ClN2O3. The molecule has 0 unspecified atom stereocenters. The molecule has 146 valence electrons. The Hall–Kier alpha value is -3.44. The molecule has 2 aromatic carbocycles.